The minimum atomic E-state index is -1.12. The highest BCUT2D eigenvalue weighted by Gasteiger charge is 2.43. The summed E-state index contributed by atoms with van der Waals surface area (Å²) < 4.78 is 1.65. The van der Waals surface area contributed by atoms with E-state index in [2.05, 4.69) is 4.98 Å². The van der Waals surface area contributed by atoms with Crippen molar-refractivity contribution in [1.82, 2.24) is 24.3 Å². The number of fused-ring (bicyclic) bond motifs is 1. The summed E-state index contributed by atoms with van der Waals surface area (Å²) in [6.07, 6.45) is 1.95. The number of aromatic nitrogens is 2. The maximum atomic E-state index is 13.6. The Balaban J connectivity index is 1.49. The molecule has 0 saturated carbocycles. The van der Waals surface area contributed by atoms with Gasteiger partial charge in [0.2, 0.25) is 0 Å². The molecule has 0 spiro atoms. The van der Waals surface area contributed by atoms with Gasteiger partial charge in [-0.3, -0.25) is 14.3 Å². The lowest BCUT2D eigenvalue weighted by Crippen LogP contribution is -2.54. The summed E-state index contributed by atoms with van der Waals surface area (Å²) in [5.74, 6) is 0.483. The number of thiophene rings is 1. The number of piperidine rings is 1. The van der Waals surface area contributed by atoms with Crippen LogP contribution in [-0.4, -0.2) is 72.1 Å². The molecule has 2 aliphatic heterocycles. The van der Waals surface area contributed by atoms with Gasteiger partial charge in [-0.05, 0) is 52.0 Å². The highest BCUT2D eigenvalue weighted by molar-refractivity contribution is 7.10. The fourth-order valence-corrected chi connectivity index (χ4v) is 5.49. The lowest BCUT2D eigenvalue weighted by Gasteiger charge is -2.42. The van der Waals surface area contributed by atoms with Crippen LogP contribution in [0.15, 0.2) is 23.7 Å². The van der Waals surface area contributed by atoms with Crippen molar-refractivity contribution in [2.45, 2.75) is 64.7 Å². The van der Waals surface area contributed by atoms with E-state index in [1.54, 1.807) is 36.4 Å². The Labute approximate surface area is 191 Å². The summed E-state index contributed by atoms with van der Waals surface area (Å²) in [6.45, 7) is 8.72. The zero-order chi connectivity index (χ0) is 23.2. The molecule has 2 aromatic rings. The third-order valence-electron chi connectivity index (χ3n) is 6.23. The maximum Gasteiger partial charge on any atom is 0.408 e. The molecule has 32 heavy (non-hydrogen) atoms. The van der Waals surface area contributed by atoms with Crippen LogP contribution in [0.2, 0.25) is 0 Å². The molecule has 0 aromatic carbocycles. The molecule has 4 rings (SSSR count). The molecular weight excluding hydrogens is 430 g/mol. The van der Waals surface area contributed by atoms with Crippen LogP contribution in [0, 0.1) is 6.92 Å². The van der Waals surface area contributed by atoms with Crippen molar-refractivity contribution >= 4 is 29.4 Å². The molecule has 1 fully saturated rings. The highest BCUT2D eigenvalue weighted by Crippen LogP contribution is 2.34. The summed E-state index contributed by atoms with van der Waals surface area (Å²) in [6, 6.07) is 2.76. The number of carboxylic acid groups (broad SMARTS) is 1. The van der Waals surface area contributed by atoms with Crippen molar-refractivity contribution in [2.24, 2.45) is 0 Å². The van der Waals surface area contributed by atoms with Crippen LogP contribution in [0.5, 0.6) is 0 Å². The highest BCUT2D eigenvalue weighted by atomic mass is 32.1. The Bertz CT molecular complexity index is 1020. The van der Waals surface area contributed by atoms with Gasteiger partial charge in [-0.1, -0.05) is 6.07 Å². The lowest BCUT2D eigenvalue weighted by atomic mass is 9.99. The van der Waals surface area contributed by atoms with Crippen molar-refractivity contribution in [1.29, 1.82) is 0 Å². The second-order valence-electron chi connectivity index (χ2n) is 9.34. The molecule has 4 heterocycles. The van der Waals surface area contributed by atoms with E-state index in [9.17, 15) is 19.5 Å². The van der Waals surface area contributed by atoms with Crippen molar-refractivity contribution < 1.29 is 19.5 Å². The molecule has 10 heteroatoms. The van der Waals surface area contributed by atoms with Crippen LogP contribution in [0.3, 0.4) is 0 Å². The number of hydrogen-bond acceptors (Lipinski definition) is 5. The molecule has 1 saturated heterocycles. The SMILES string of the molecule is Cc1ncc2n1C(=O)N(C1CCN(C(=O)C(c3cccs3)N(C(=O)O)C(C)(C)C)CC1)C2. The van der Waals surface area contributed by atoms with Crippen LogP contribution >= 0.6 is 11.3 Å². The second kappa shape index (κ2) is 8.23. The van der Waals surface area contributed by atoms with E-state index in [1.165, 1.54) is 16.2 Å². The van der Waals surface area contributed by atoms with Crippen molar-refractivity contribution in [3.05, 3.63) is 40.1 Å². The van der Waals surface area contributed by atoms with Crippen molar-refractivity contribution in [3.8, 4) is 0 Å². The fourth-order valence-electron chi connectivity index (χ4n) is 4.68. The molecule has 0 radical (unpaired) electrons. The first-order valence-electron chi connectivity index (χ1n) is 10.8. The van der Waals surface area contributed by atoms with Gasteiger partial charge in [0.1, 0.15) is 11.9 Å². The Morgan fingerprint density at radius 2 is 1.97 bits per heavy atom. The minimum Gasteiger partial charge on any atom is -0.465 e. The molecule has 0 aliphatic carbocycles. The minimum absolute atomic E-state index is 0.0456. The number of carbonyl (C=O) groups excluding carboxylic acids is 2. The maximum absolute atomic E-state index is 13.6. The average Bonchev–Trinajstić information content (AvgIpc) is 3.44. The Morgan fingerprint density at radius 3 is 2.50 bits per heavy atom. The first-order chi connectivity index (χ1) is 15.1. The van der Waals surface area contributed by atoms with Gasteiger partial charge in [-0.15, -0.1) is 11.3 Å². The number of rotatable bonds is 4. The van der Waals surface area contributed by atoms with E-state index in [0.717, 1.165) is 5.69 Å². The van der Waals surface area contributed by atoms with E-state index in [-0.39, 0.29) is 18.0 Å². The van der Waals surface area contributed by atoms with Crippen molar-refractivity contribution in [3.63, 3.8) is 0 Å². The number of amides is 3. The van der Waals surface area contributed by atoms with Gasteiger partial charge in [0.15, 0.2) is 0 Å². The fraction of sp³-hybridized carbons (Fsp3) is 0.545. The van der Waals surface area contributed by atoms with Crippen LogP contribution < -0.4 is 0 Å². The van der Waals surface area contributed by atoms with Gasteiger partial charge in [0.05, 0.1) is 18.4 Å². The number of imidazole rings is 1. The van der Waals surface area contributed by atoms with E-state index >= 15 is 0 Å². The summed E-state index contributed by atoms with van der Waals surface area (Å²) in [5, 5.41) is 11.8. The topological polar surface area (TPSA) is 99.0 Å². The number of carbonyl (C=O) groups is 3. The molecule has 1 unspecified atom stereocenters. The number of likely N-dealkylation sites (tertiary alicyclic amines) is 1. The second-order valence-corrected chi connectivity index (χ2v) is 10.3. The summed E-state index contributed by atoms with van der Waals surface area (Å²) in [4.78, 5) is 48.4. The first-order valence-corrected chi connectivity index (χ1v) is 11.7. The Kier molecular flexibility index (Phi) is 5.74. The van der Waals surface area contributed by atoms with Crippen LogP contribution in [0.25, 0.3) is 0 Å². The largest absolute Gasteiger partial charge is 0.465 e. The normalized spacial score (nSPS) is 18.1. The zero-order valence-corrected chi connectivity index (χ0v) is 19.6. The molecule has 1 N–H and O–H groups in total. The predicted molar refractivity (Wildman–Crippen MR) is 120 cm³/mol. The third-order valence-corrected chi connectivity index (χ3v) is 7.16. The van der Waals surface area contributed by atoms with Crippen LogP contribution in [-0.2, 0) is 11.3 Å². The average molecular weight is 460 g/mol. The molecule has 3 amide bonds. The lowest BCUT2D eigenvalue weighted by molar-refractivity contribution is -0.139. The molecule has 172 valence electrons. The van der Waals surface area contributed by atoms with E-state index in [1.807, 2.05) is 29.3 Å². The number of nitrogens with zero attached hydrogens (tertiary/aromatic N) is 5. The molecular formula is C22H29N5O4S. The van der Waals surface area contributed by atoms with E-state index < -0.39 is 17.7 Å². The Morgan fingerprint density at radius 1 is 1.28 bits per heavy atom. The Hall–Kier alpha value is -2.88. The number of hydrogen-bond donors (Lipinski definition) is 1. The van der Waals surface area contributed by atoms with E-state index in [0.29, 0.717) is 43.2 Å². The monoisotopic (exact) mass is 459 g/mol. The van der Waals surface area contributed by atoms with Gasteiger partial charge < -0.3 is 14.9 Å². The molecule has 2 aromatic heterocycles. The molecule has 0 bridgehead atoms. The van der Waals surface area contributed by atoms with Crippen molar-refractivity contribution in [2.75, 3.05) is 13.1 Å². The smallest absolute Gasteiger partial charge is 0.408 e. The summed E-state index contributed by atoms with van der Waals surface area (Å²) in [7, 11) is 0. The summed E-state index contributed by atoms with van der Waals surface area (Å²) in [5.41, 5.74) is 0.154. The van der Waals surface area contributed by atoms with Gasteiger partial charge >= 0.3 is 12.1 Å². The van der Waals surface area contributed by atoms with Gasteiger partial charge in [0, 0.05) is 29.5 Å². The standard InChI is InChI=1S/C22H29N5O4S/c1-14-23-12-16-13-25(20(29)26(14)16)15-7-9-24(10-8-15)19(28)18(17-6-5-11-32-17)27(21(30)31)22(2,3)4/h5-6,11-12,15,18H,7-10,13H2,1-4H3,(H,30,31). The summed E-state index contributed by atoms with van der Waals surface area (Å²) >= 11 is 1.39. The van der Waals surface area contributed by atoms with Gasteiger partial charge in [-0.25, -0.2) is 14.6 Å². The molecule has 9 nitrogen and oxygen atoms in total. The molecule has 2 aliphatic rings. The van der Waals surface area contributed by atoms with E-state index in [4.69, 9.17) is 0 Å². The third kappa shape index (κ3) is 3.87. The number of aryl methyl sites for hydroxylation is 1. The van der Waals surface area contributed by atoms with Gasteiger partial charge in [-0.2, -0.15) is 0 Å². The molecule has 1 atom stereocenters. The first kappa shape index (κ1) is 22.3. The quantitative estimate of drug-likeness (QED) is 0.754. The van der Waals surface area contributed by atoms with Gasteiger partial charge in [0.25, 0.3) is 5.91 Å². The predicted octanol–water partition coefficient (Wildman–Crippen LogP) is 3.55. The van der Waals surface area contributed by atoms with Crippen LogP contribution in [0.1, 0.15) is 56.1 Å². The zero-order valence-electron chi connectivity index (χ0n) is 18.8. The van der Waals surface area contributed by atoms with Crippen LogP contribution in [0.4, 0.5) is 9.59 Å².